The predicted octanol–water partition coefficient (Wildman–Crippen LogP) is 4.06. The lowest BCUT2D eigenvalue weighted by atomic mass is 10.2. The molecule has 0 saturated carbocycles. The molecule has 0 unspecified atom stereocenters. The van der Waals surface area contributed by atoms with Gasteiger partial charge in [-0.25, -0.2) is 0 Å². The third-order valence-corrected chi connectivity index (χ3v) is 5.90. The van der Waals surface area contributed by atoms with Gasteiger partial charge >= 0.3 is 0 Å². The minimum atomic E-state index is -0.478. The highest BCUT2D eigenvalue weighted by atomic mass is 31.1. The van der Waals surface area contributed by atoms with Crippen LogP contribution in [0.4, 0.5) is 0 Å². The third kappa shape index (κ3) is 3.23. The maximum atomic E-state index is 2.33. The van der Waals surface area contributed by atoms with Crippen molar-refractivity contribution in [1.82, 2.24) is 0 Å². The molecule has 0 fully saturated rings. The highest BCUT2D eigenvalue weighted by Crippen LogP contribution is 2.33. The molecule has 0 saturated heterocycles. The monoisotopic (exact) mass is 290 g/mol. The molecule has 0 radical (unpaired) electrons. The highest BCUT2D eigenvalue weighted by Gasteiger charge is 2.16. The van der Waals surface area contributed by atoms with Gasteiger partial charge in [-0.05, 0) is 37.7 Å². The number of aryl methyl sites for hydroxylation is 2. The van der Waals surface area contributed by atoms with Gasteiger partial charge in [0.15, 0.2) is 0 Å². The molecule has 0 aliphatic rings. The van der Waals surface area contributed by atoms with Crippen molar-refractivity contribution in [3.8, 4) is 0 Å². The Bertz CT molecular complexity index is 658. The van der Waals surface area contributed by atoms with Gasteiger partial charge in [0, 0.05) is 0 Å². The summed E-state index contributed by atoms with van der Waals surface area (Å²) in [6.45, 7) is 4.36. The van der Waals surface area contributed by atoms with Gasteiger partial charge < -0.3 is 0 Å². The quantitative estimate of drug-likeness (QED) is 0.638. The molecule has 3 rings (SSSR count). The van der Waals surface area contributed by atoms with Crippen molar-refractivity contribution in [1.29, 1.82) is 0 Å². The summed E-state index contributed by atoms with van der Waals surface area (Å²) >= 11 is 0. The molecule has 0 bridgehead atoms. The van der Waals surface area contributed by atoms with E-state index in [1.54, 1.807) is 0 Å². The summed E-state index contributed by atoms with van der Waals surface area (Å²) in [5, 5.41) is 4.24. The second-order valence-corrected chi connectivity index (χ2v) is 7.57. The van der Waals surface area contributed by atoms with Crippen LogP contribution in [0.25, 0.3) is 0 Å². The first-order valence-electron chi connectivity index (χ1n) is 7.22. The highest BCUT2D eigenvalue weighted by molar-refractivity contribution is 7.79. The average molecular weight is 290 g/mol. The fraction of sp³-hybridized carbons (Fsp3) is 0.100. The summed E-state index contributed by atoms with van der Waals surface area (Å²) in [6.07, 6.45) is 0. The molecule has 21 heavy (non-hydrogen) atoms. The molecular weight excluding hydrogens is 271 g/mol. The van der Waals surface area contributed by atoms with E-state index in [1.807, 2.05) is 0 Å². The molecule has 0 N–H and O–H groups in total. The Morgan fingerprint density at radius 2 is 0.952 bits per heavy atom. The first kappa shape index (κ1) is 14.0. The molecule has 0 aromatic heterocycles. The first-order chi connectivity index (χ1) is 10.2. The van der Waals surface area contributed by atoms with Crippen LogP contribution >= 0.6 is 7.92 Å². The summed E-state index contributed by atoms with van der Waals surface area (Å²) in [7, 11) is -0.478. The summed E-state index contributed by atoms with van der Waals surface area (Å²) in [5.41, 5.74) is 2.67. The minimum Gasteiger partial charge on any atom is -0.0622 e. The first-order valence-corrected chi connectivity index (χ1v) is 8.57. The van der Waals surface area contributed by atoms with Gasteiger partial charge in [0.25, 0.3) is 0 Å². The molecule has 0 amide bonds. The second kappa shape index (κ2) is 6.24. The number of hydrogen-bond acceptors (Lipinski definition) is 0. The van der Waals surface area contributed by atoms with Crippen LogP contribution in [0.5, 0.6) is 0 Å². The van der Waals surface area contributed by atoms with Gasteiger partial charge in [-0.1, -0.05) is 90.0 Å². The van der Waals surface area contributed by atoms with Crippen LogP contribution in [-0.4, -0.2) is 0 Å². The number of hydrogen-bond donors (Lipinski definition) is 0. The summed E-state index contributed by atoms with van der Waals surface area (Å²) < 4.78 is 0. The lowest BCUT2D eigenvalue weighted by molar-refractivity contribution is 1.40. The van der Waals surface area contributed by atoms with E-state index in [1.165, 1.54) is 27.0 Å². The summed E-state index contributed by atoms with van der Waals surface area (Å²) in [4.78, 5) is 0. The molecule has 0 heterocycles. The molecule has 0 atom stereocenters. The van der Waals surface area contributed by atoms with Crippen LogP contribution in [0.2, 0.25) is 0 Å². The van der Waals surface area contributed by atoms with Gasteiger partial charge in [-0.2, -0.15) is 0 Å². The Labute approximate surface area is 128 Å². The molecule has 0 spiro atoms. The topological polar surface area (TPSA) is 0 Å². The molecule has 0 aliphatic heterocycles. The van der Waals surface area contributed by atoms with E-state index in [2.05, 4.69) is 92.7 Å². The summed E-state index contributed by atoms with van der Waals surface area (Å²) in [5.74, 6) is 0. The van der Waals surface area contributed by atoms with E-state index < -0.39 is 7.92 Å². The van der Waals surface area contributed by atoms with Crippen molar-refractivity contribution >= 4 is 23.8 Å². The standard InChI is InChI=1S/C20H19P/c1-16-13-17(2)15-20(14-16)21(18-9-5-3-6-10-18)19-11-7-4-8-12-19/h3-15H,1-2H3. The van der Waals surface area contributed by atoms with Crippen molar-refractivity contribution in [3.05, 3.63) is 90.0 Å². The van der Waals surface area contributed by atoms with E-state index in [9.17, 15) is 0 Å². The predicted molar refractivity (Wildman–Crippen MR) is 94.6 cm³/mol. The Hall–Kier alpha value is -1.91. The van der Waals surface area contributed by atoms with E-state index in [4.69, 9.17) is 0 Å². The zero-order valence-electron chi connectivity index (χ0n) is 12.5. The number of rotatable bonds is 3. The fourth-order valence-electron chi connectivity index (χ4n) is 2.68. The lowest BCUT2D eigenvalue weighted by Crippen LogP contribution is -2.21. The van der Waals surface area contributed by atoms with Crippen LogP contribution in [0.3, 0.4) is 0 Å². The Balaban J connectivity index is 2.17. The molecule has 1 heteroatoms. The normalized spacial score (nSPS) is 10.8. The van der Waals surface area contributed by atoms with E-state index in [0.717, 1.165) is 0 Å². The lowest BCUT2D eigenvalue weighted by Gasteiger charge is -2.20. The zero-order chi connectivity index (χ0) is 14.7. The van der Waals surface area contributed by atoms with Gasteiger partial charge in [-0.3, -0.25) is 0 Å². The zero-order valence-corrected chi connectivity index (χ0v) is 13.3. The van der Waals surface area contributed by atoms with Crippen LogP contribution in [0.1, 0.15) is 11.1 Å². The minimum absolute atomic E-state index is 0.478. The van der Waals surface area contributed by atoms with E-state index in [0.29, 0.717) is 0 Å². The van der Waals surface area contributed by atoms with Crippen molar-refractivity contribution in [2.75, 3.05) is 0 Å². The van der Waals surface area contributed by atoms with Crippen LogP contribution < -0.4 is 15.9 Å². The van der Waals surface area contributed by atoms with Crippen molar-refractivity contribution in [2.24, 2.45) is 0 Å². The van der Waals surface area contributed by atoms with Gasteiger partial charge in [-0.15, -0.1) is 0 Å². The average Bonchev–Trinajstić information content (AvgIpc) is 2.49. The second-order valence-electron chi connectivity index (χ2n) is 5.35. The maximum absolute atomic E-state index is 2.33. The van der Waals surface area contributed by atoms with Crippen LogP contribution in [0, 0.1) is 13.8 Å². The Morgan fingerprint density at radius 3 is 1.38 bits per heavy atom. The molecule has 3 aromatic rings. The van der Waals surface area contributed by atoms with Crippen molar-refractivity contribution < 1.29 is 0 Å². The Morgan fingerprint density at radius 1 is 0.524 bits per heavy atom. The molecule has 104 valence electrons. The van der Waals surface area contributed by atoms with Gasteiger partial charge in [0.1, 0.15) is 0 Å². The SMILES string of the molecule is Cc1cc(C)cc(P(c2ccccc2)c2ccccc2)c1. The van der Waals surface area contributed by atoms with Crippen molar-refractivity contribution in [3.63, 3.8) is 0 Å². The molecule has 3 aromatic carbocycles. The maximum Gasteiger partial charge on any atom is -0.0134 e. The van der Waals surface area contributed by atoms with Gasteiger partial charge in [0.05, 0.1) is 0 Å². The van der Waals surface area contributed by atoms with Crippen molar-refractivity contribution in [2.45, 2.75) is 13.8 Å². The molecular formula is C20H19P. The fourth-order valence-corrected chi connectivity index (χ4v) is 5.18. The largest absolute Gasteiger partial charge is 0.0622 e. The third-order valence-electron chi connectivity index (χ3n) is 3.49. The number of benzene rings is 3. The molecule has 0 nitrogen and oxygen atoms in total. The van der Waals surface area contributed by atoms with Crippen LogP contribution in [0.15, 0.2) is 78.9 Å². The Kier molecular flexibility index (Phi) is 4.18. The summed E-state index contributed by atoms with van der Waals surface area (Å²) in [6, 6.07) is 28.6. The van der Waals surface area contributed by atoms with Crippen LogP contribution in [-0.2, 0) is 0 Å². The molecule has 0 aliphatic carbocycles. The smallest absolute Gasteiger partial charge is 0.0134 e. The van der Waals surface area contributed by atoms with E-state index in [-0.39, 0.29) is 0 Å². The van der Waals surface area contributed by atoms with E-state index >= 15 is 0 Å². The van der Waals surface area contributed by atoms with Gasteiger partial charge in [0.2, 0.25) is 0 Å².